The number of aliphatic hydroxyl groups excluding tert-OH is 3. The van der Waals surface area contributed by atoms with Gasteiger partial charge in [0.2, 0.25) is 0 Å². The Bertz CT molecular complexity index is 937. The zero-order valence-electron chi connectivity index (χ0n) is 18.2. The number of nitrogens with zero attached hydrogens (tertiary/aromatic N) is 2. The van der Waals surface area contributed by atoms with Gasteiger partial charge in [-0.2, -0.15) is 0 Å². The van der Waals surface area contributed by atoms with E-state index < -0.39 is 18.6 Å². The number of hydrogen-bond acceptors (Lipinski definition) is 9. The highest BCUT2D eigenvalue weighted by Crippen LogP contribution is 2.26. The number of rotatable bonds is 14. The van der Waals surface area contributed by atoms with E-state index in [9.17, 15) is 40.2 Å². The van der Waals surface area contributed by atoms with Gasteiger partial charge in [0.05, 0.1) is 32.9 Å². The largest absolute Gasteiger partial charge is 0.507 e. The molecular weight excluding hydrogens is 432 g/mol. The minimum absolute atomic E-state index is 0.0304. The third kappa shape index (κ3) is 7.24. The number of aldehydes is 1. The molecule has 0 aliphatic carbocycles. The Balaban J connectivity index is 2.27. The highest BCUT2D eigenvalue weighted by Gasteiger charge is 2.24. The summed E-state index contributed by atoms with van der Waals surface area (Å²) in [6.07, 6.45) is 0.647. The summed E-state index contributed by atoms with van der Waals surface area (Å²) in [4.78, 5) is 25.9. The lowest BCUT2D eigenvalue weighted by molar-refractivity contribution is -0.138. The van der Waals surface area contributed by atoms with Gasteiger partial charge in [0.1, 0.15) is 17.8 Å². The molecule has 0 fully saturated rings. The van der Waals surface area contributed by atoms with Crippen LogP contribution in [0.5, 0.6) is 11.5 Å². The standard InChI is InChI=1S/C23H30N2O8/c26-8-7-25(10-17-4-2-6-19(14-28)23(17)33)20(15-29)11-24(12-21(30)31)9-16-3-1-5-18(13-27)22(16)32/h1-6,8,20,27-29,32-33H,7,9-15H2,(H,30,31)/t20-/m0/s1. The minimum Gasteiger partial charge on any atom is -0.507 e. The fourth-order valence-corrected chi connectivity index (χ4v) is 3.66. The van der Waals surface area contributed by atoms with Gasteiger partial charge in [-0.25, -0.2) is 0 Å². The molecule has 0 heterocycles. The Morgan fingerprint density at radius 1 is 0.879 bits per heavy atom. The summed E-state index contributed by atoms with van der Waals surface area (Å²) in [6, 6.07) is 8.98. The molecule has 10 nitrogen and oxygen atoms in total. The number of aromatic hydroxyl groups is 2. The molecular formula is C23H30N2O8. The van der Waals surface area contributed by atoms with E-state index in [0.29, 0.717) is 28.5 Å². The number of phenols is 2. The molecule has 0 saturated carbocycles. The molecule has 0 saturated heterocycles. The second kappa shape index (κ2) is 12.9. The van der Waals surface area contributed by atoms with Crippen molar-refractivity contribution in [1.82, 2.24) is 9.80 Å². The zero-order valence-corrected chi connectivity index (χ0v) is 18.2. The second-order valence-corrected chi connectivity index (χ2v) is 7.66. The number of carboxylic acids is 1. The lowest BCUT2D eigenvalue weighted by Crippen LogP contribution is -2.47. The van der Waals surface area contributed by atoms with Crippen molar-refractivity contribution in [2.24, 2.45) is 0 Å². The van der Waals surface area contributed by atoms with E-state index in [4.69, 9.17) is 0 Å². The predicted molar refractivity (Wildman–Crippen MR) is 118 cm³/mol. The van der Waals surface area contributed by atoms with Gasteiger partial charge < -0.3 is 35.4 Å². The molecule has 0 bridgehead atoms. The van der Waals surface area contributed by atoms with Crippen LogP contribution in [-0.2, 0) is 35.9 Å². The summed E-state index contributed by atoms with van der Waals surface area (Å²) in [5.74, 6) is -1.35. The zero-order chi connectivity index (χ0) is 24.4. The van der Waals surface area contributed by atoms with Crippen molar-refractivity contribution in [3.63, 3.8) is 0 Å². The number of hydrogen-bond donors (Lipinski definition) is 6. The van der Waals surface area contributed by atoms with Crippen molar-refractivity contribution < 1.29 is 40.2 Å². The van der Waals surface area contributed by atoms with Gasteiger partial charge in [-0.05, 0) is 0 Å². The predicted octanol–water partition coefficient (Wildman–Crippen LogP) is 0.0310. The number of aliphatic carboxylic acids is 1. The van der Waals surface area contributed by atoms with Gasteiger partial charge in [0.15, 0.2) is 0 Å². The molecule has 0 radical (unpaired) electrons. The first-order valence-electron chi connectivity index (χ1n) is 10.4. The number of aliphatic hydroxyl groups is 3. The maximum atomic E-state index is 11.4. The minimum atomic E-state index is -1.11. The van der Waals surface area contributed by atoms with Crippen LogP contribution in [0.2, 0.25) is 0 Å². The summed E-state index contributed by atoms with van der Waals surface area (Å²) < 4.78 is 0. The van der Waals surface area contributed by atoms with Crippen molar-refractivity contribution in [2.45, 2.75) is 32.3 Å². The Morgan fingerprint density at radius 3 is 1.85 bits per heavy atom. The Labute approximate surface area is 191 Å². The van der Waals surface area contributed by atoms with E-state index in [-0.39, 0.29) is 57.4 Å². The van der Waals surface area contributed by atoms with Gasteiger partial charge in [-0.15, -0.1) is 0 Å². The lowest BCUT2D eigenvalue weighted by Gasteiger charge is -2.33. The number of carbonyl (C=O) groups is 2. The van der Waals surface area contributed by atoms with Gasteiger partial charge in [-0.1, -0.05) is 36.4 Å². The molecule has 0 amide bonds. The van der Waals surface area contributed by atoms with Gasteiger partial charge in [0, 0.05) is 47.9 Å². The smallest absolute Gasteiger partial charge is 0.317 e. The molecule has 0 aromatic heterocycles. The Morgan fingerprint density at radius 2 is 1.39 bits per heavy atom. The third-order valence-corrected chi connectivity index (χ3v) is 5.38. The van der Waals surface area contributed by atoms with Crippen molar-refractivity contribution in [2.75, 3.05) is 26.2 Å². The molecule has 0 aliphatic rings. The first-order chi connectivity index (χ1) is 15.8. The Kier molecular flexibility index (Phi) is 10.2. The van der Waals surface area contributed by atoms with Gasteiger partial charge in [-0.3, -0.25) is 14.6 Å². The van der Waals surface area contributed by atoms with Crippen LogP contribution < -0.4 is 0 Å². The highest BCUT2D eigenvalue weighted by atomic mass is 16.4. The quantitative estimate of drug-likeness (QED) is 0.211. The molecule has 1 atom stereocenters. The molecule has 2 aromatic carbocycles. The van der Waals surface area contributed by atoms with Crippen LogP contribution in [0.25, 0.3) is 0 Å². The maximum absolute atomic E-state index is 11.4. The Hall–Kier alpha value is -3.02. The summed E-state index contributed by atoms with van der Waals surface area (Å²) in [5, 5.41) is 58.8. The monoisotopic (exact) mass is 462 g/mol. The molecule has 2 rings (SSSR count). The van der Waals surface area contributed by atoms with E-state index >= 15 is 0 Å². The van der Waals surface area contributed by atoms with Crippen LogP contribution in [0.15, 0.2) is 36.4 Å². The molecule has 33 heavy (non-hydrogen) atoms. The molecule has 0 unspecified atom stereocenters. The SMILES string of the molecule is O=CCN(Cc1cccc(CO)c1O)[C@H](CO)CN(CC(=O)O)Cc1cccc(CO)c1O. The van der Waals surface area contributed by atoms with Crippen molar-refractivity contribution in [1.29, 1.82) is 0 Å². The van der Waals surface area contributed by atoms with Crippen LogP contribution in [0.4, 0.5) is 0 Å². The molecule has 0 aliphatic heterocycles. The van der Waals surface area contributed by atoms with Crippen LogP contribution in [0.1, 0.15) is 22.3 Å². The molecule has 6 N–H and O–H groups in total. The number of carbonyl (C=O) groups excluding carboxylic acids is 1. The molecule has 0 spiro atoms. The maximum Gasteiger partial charge on any atom is 0.317 e. The summed E-state index contributed by atoms with van der Waals surface area (Å²) in [5.41, 5.74) is 1.49. The molecule has 10 heteroatoms. The van der Waals surface area contributed by atoms with E-state index in [0.717, 1.165) is 0 Å². The number of benzene rings is 2. The topological polar surface area (TPSA) is 162 Å². The van der Waals surface area contributed by atoms with Crippen molar-refractivity contribution >= 4 is 12.3 Å². The first kappa shape index (κ1) is 26.2. The van der Waals surface area contributed by atoms with Crippen molar-refractivity contribution in [3.8, 4) is 11.5 Å². The second-order valence-electron chi connectivity index (χ2n) is 7.66. The van der Waals surface area contributed by atoms with Crippen LogP contribution in [-0.4, -0.2) is 85.0 Å². The van der Waals surface area contributed by atoms with Crippen LogP contribution in [0.3, 0.4) is 0 Å². The van der Waals surface area contributed by atoms with Crippen LogP contribution >= 0.6 is 0 Å². The van der Waals surface area contributed by atoms with Crippen LogP contribution in [0, 0.1) is 0 Å². The van der Waals surface area contributed by atoms with Gasteiger partial charge >= 0.3 is 5.97 Å². The van der Waals surface area contributed by atoms with E-state index in [1.54, 1.807) is 41.3 Å². The van der Waals surface area contributed by atoms with E-state index in [2.05, 4.69) is 0 Å². The molecule has 2 aromatic rings. The summed E-state index contributed by atoms with van der Waals surface area (Å²) in [7, 11) is 0. The summed E-state index contributed by atoms with van der Waals surface area (Å²) >= 11 is 0. The lowest BCUT2D eigenvalue weighted by atomic mass is 10.1. The third-order valence-electron chi connectivity index (χ3n) is 5.38. The average Bonchev–Trinajstić information content (AvgIpc) is 2.79. The van der Waals surface area contributed by atoms with E-state index in [1.165, 1.54) is 4.90 Å². The fraction of sp³-hybridized carbons (Fsp3) is 0.391. The highest BCUT2D eigenvalue weighted by molar-refractivity contribution is 5.69. The summed E-state index contributed by atoms with van der Waals surface area (Å²) in [6.45, 7) is -1.45. The first-order valence-corrected chi connectivity index (χ1v) is 10.4. The number of para-hydroxylation sites is 2. The number of carboxylic acid groups (broad SMARTS) is 1. The average molecular weight is 462 g/mol. The van der Waals surface area contributed by atoms with E-state index in [1.807, 2.05) is 0 Å². The van der Waals surface area contributed by atoms with Gasteiger partial charge in [0.25, 0.3) is 0 Å². The fourth-order valence-electron chi connectivity index (χ4n) is 3.66. The molecule has 180 valence electrons. The van der Waals surface area contributed by atoms with Crippen molar-refractivity contribution in [3.05, 3.63) is 58.7 Å². The normalized spacial score (nSPS) is 12.3.